The number of ether oxygens (including phenoxy) is 1. The van der Waals surface area contributed by atoms with Crippen LogP contribution in [-0.2, 0) is 10.5 Å². The lowest BCUT2D eigenvalue weighted by Crippen LogP contribution is -2.41. The van der Waals surface area contributed by atoms with Crippen LogP contribution in [0.2, 0.25) is 0 Å². The lowest BCUT2D eigenvalue weighted by molar-refractivity contribution is -0.119. The number of aromatic nitrogens is 2. The van der Waals surface area contributed by atoms with Crippen molar-refractivity contribution in [2.45, 2.75) is 26.6 Å². The van der Waals surface area contributed by atoms with Crippen LogP contribution < -0.4 is 15.4 Å². The second kappa shape index (κ2) is 9.64. The second-order valence-electron chi connectivity index (χ2n) is 4.80. The number of amides is 3. The molecule has 25 heavy (non-hydrogen) atoms. The molecule has 1 unspecified atom stereocenters. The van der Waals surface area contributed by atoms with Crippen LogP contribution in [0.4, 0.5) is 4.79 Å². The van der Waals surface area contributed by atoms with Crippen LogP contribution in [-0.4, -0.2) is 41.5 Å². The molecule has 0 spiro atoms. The summed E-state index contributed by atoms with van der Waals surface area (Å²) in [5, 5.41) is 12.4. The van der Waals surface area contributed by atoms with Crippen molar-refractivity contribution in [3.63, 3.8) is 0 Å². The van der Waals surface area contributed by atoms with Gasteiger partial charge in [0.05, 0.1) is 12.4 Å². The molecule has 2 N–H and O–H groups in total. The Hall–Kier alpha value is -1.78. The predicted octanol–water partition coefficient (Wildman–Crippen LogP) is 2.78. The van der Waals surface area contributed by atoms with Gasteiger partial charge in [-0.25, -0.2) is 4.79 Å². The summed E-state index contributed by atoms with van der Waals surface area (Å²) < 4.78 is 6.66. The normalized spacial score (nSPS) is 11.6. The molecule has 0 aliphatic carbocycles. The Kier molecular flexibility index (Phi) is 7.53. The maximum absolute atomic E-state index is 11.8. The monoisotopic (exact) mass is 398 g/mol. The minimum absolute atomic E-state index is 0.369. The highest BCUT2D eigenvalue weighted by atomic mass is 32.2. The average Bonchev–Trinajstić information content (AvgIpc) is 3.07. The number of hydrogen-bond donors (Lipinski definition) is 2. The van der Waals surface area contributed by atoms with Gasteiger partial charge in [-0.15, -0.1) is 10.2 Å². The fourth-order valence-corrected chi connectivity index (χ4v) is 4.77. The third-order valence-corrected chi connectivity index (χ3v) is 6.33. The van der Waals surface area contributed by atoms with Gasteiger partial charge in [-0.3, -0.25) is 10.1 Å². The van der Waals surface area contributed by atoms with Gasteiger partial charge in [-0.1, -0.05) is 47.0 Å². The Labute approximate surface area is 158 Å². The summed E-state index contributed by atoms with van der Waals surface area (Å²) in [7, 11) is 3.09. The van der Waals surface area contributed by atoms with E-state index in [0.717, 1.165) is 21.4 Å². The molecule has 0 aliphatic heterocycles. The minimum atomic E-state index is -0.523. The quantitative estimate of drug-likeness (QED) is 0.693. The van der Waals surface area contributed by atoms with Crippen LogP contribution in [0, 0.1) is 0 Å². The maximum Gasteiger partial charge on any atom is 0.321 e. The largest absolute Gasteiger partial charge is 0.497 e. The van der Waals surface area contributed by atoms with Gasteiger partial charge in [0.1, 0.15) is 5.75 Å². The number of nitrogens with zero attached hydrogens (tertiary/aromatic N) is 2. The van der Waals surface area contributed by atoms with E-state index in [4.69, 9.17) is 4.74 Å². The molecule has 7 nitrogen and oxygen atoms in total. The standard InChI is InChI=1S/C15H18N4O3S3/c1-9(12(20)17-13(21)16-2)24-15-19-18-14(25-15)23-8-10-4-6-11(22-3)7-5-10/h4-7,9H,8H2,1-3H3,(H2,16,17,20,21). The van der Waals surface area contributed by atoms with Crippen molar-refractivity contribution < 1.29 is 14.3 Å². The van der Waals surface area contributed by atoms with Gasteiger partial charge >= 0.3 is 6.03 Å². The van der Waals surface area contributed by atoms with Crippen molar-refractivity contribution in [1.29, 1.82) is 0 Å². The van der Waals surface area contributed by atoms with E-state index < -0.39 is 11.3 Å². The van der Waals surface area contributed by atoms with E-state index in [1.807, 2.05) is 24.3 Å². The predicted molar refractivity (Wildman–Crippen MR) is 100 cm³/mol. The van der Waals surface area contributed by atoms with Crippen LogP contribution in [0.1, 0.15) is 12.5 Å². The fraction of sp³-hybridized carbons (Fsp3) is 0.333. The van der Waals surface area contributed by atoms with Crippen molar-refractivity contribution in [3.05, 3.63) is 29.8 Å². The smallest absolute Gasteiger partial charge is 0.321 e. The summed E-state index contributed by atoms with van der Waals surface area (Å²) in [6.45, 7) is 1.72. The third kappa shape index (κ3) is 6.22. The molecule has 0 fully saturated rings. The van der Waals surface area contributed by atoms with E-state index in [-0.39, 0.29) is 5.91 Å². The number of nitrogens with one attached hydrogen (secondary N) is 2. The van der Waals surface area contributed by atoms with Crippen molar-refractivity contribution in [1.82, 2.24) is 20.8 Å². The first-order chi connectivity index (χ1) is 12.0. The van der Waals surface area contributed by atoms with Gasteiger partial charge in [0.2, 0.25) is 5.91 Å². The summed E-state index contributed by atoms with van der Waals surface area (Å²) in [5.74, 6) is 1.23. The number of carbonyl (C=O) groups excluding carboxylic acids is 2. The molecule has 10 heteroatoms. The van der Waals surface area contributed by atoms with Gasteiger partial charge in [0.15, 0.2) is 8.68 Å². The van der Waals surface area contributed by atoms with Gasteiger partial charge in [0, 0.05) is 12.8 Å². The summed E-state index contributed by atoms with van der Waals surface area (Å²) in [4.78, 5) is 23.0. The lowest BCUT2D eigenvalue weighted by atomic mass is 10.2. The molecule has 134 valence electrons. The molecule has 0 aliphatic rings. The van der Waals surface area contributed by atoms with E-state index in [0.29, 0.717) is 4.34 Å². The molecule has 1 aromatic carbocycles. The zero-order valence-corrected chi connectivity index (χ0v) is 16.4. The summed E-state index contributed by atoms with van der Waals surface area (Å²) in [6.07, 6.45) is 0. The summed E-state index contributed by atoms with van der Waals surface area (Å²) in [5.41, 5.74) is 1.16. The van der Waals surface area contributed by atoms with Gasteiger partial charge in [-0.05, 0) is 24.6 Å². The number of rotatable bonds is 7. The van der Waals surface area contributed by atoms with E-state index in [9.17, 15) is 9.59 Å². The molecular weight excluding hydrogens is 380 g/mol. The van der Waals surface area contributed by atoms with Crippen molar-refractivity contribution in [2.75, 3.05) is 14.2 Å². The van der Waals surface area contributed by atoms with E-state index in [1.165, 1.54) is 30.1 Å². The molecular formula is C15H18N4O3S3. The number of thioether (sulfide) groups is 2. The zero-order chi connectivity index (χ0) is 18.2. The molecule has 0 bridgehead atoms. The van der Waals surface area contributed by atoms with Crippen LogP contribution in [0.5, 0.6) is 5.75 Å². The molecule has 3 amide bonds. The van der Waals surface area contributed by atoms with E-state index >= 15 is 0 Å². The van der Waals surface area contributed by atoms with E-state index in [1.54, 1.807) is 25.8 Å². The Morgan fingerprint density at radius 2 is 1.92 bits per heavy atom. The molecule has 0 saturated carbocycles. The Morgan fingerprint density at radius 3 is 2.56 bits per heavy atom. The van der Waals surface area contributed by atoms with Gasteiger partial charge in [-0.2, -0.15) is 0 Å². The topological polar surface area (TPSA) is 93.2 Å². The maximum atomic E-state index is 11.8. The first-order valence-corrected chi connectivity index (χ1v) is 9.98. The Balaban J connectivity index is 1.84. The van der Waals surface area contributed by atoms with Gasteiger partial charge in [0.25, 0.3) is 0 Å². The highest BCUT2D eigenvalue weighted by molar-refractivity contribution is 8.03. The molecule has 2 rings (SSSR count). The average molecular weight is 399 g/mol. The summed E-state index contributed by atoms with van der Waals surface area (Å²) in [6, 6.07) is 7.33. The Bertz CT molecular complexity index is 721. The zero-order valence-electron chi connectivity index (χ0n) is 13.9. The fourth-order valence-electron chi connectivity index (χ4n) is 1.65. The number of methoxy groups -OCH3 is 1. The number of urea groups is 1. The highest BCUT2D eigenvalue weighted by Gasteiger charge is 2.18. The van der Waals surface area contributed by atoms with Crippen LogP contribution in [0.25, 0.3) is 0 Å². The second-order valence-corrected chi connectivity index (χ2v) is 8.59. The number of carbonyl (C=O) groups is 2. The molecule has 0 radical (unpaired) electrons. The van der Waals surface area contributed by atoms with Crippen LogP contribution in [0.3, 0.4) is 0 Å². The van der Waals surface area contributed by atoms with Crippen LogP contribution in [0.15, 0.2) is 32.9 Å². The minimum Gasteiger partial charge on any atom is -0.497 e. The first-order valence-electron chi connectivity index (χ1n) is 7.30. The van der Waals surface area contributed by atoms with Crippen LogP contribution >= 0.6 is 34.9 Å². The third-order valence-electron chi connectivity index (χ3n) is 3.02. The molecule has 1 heterocycles. The van der Waals surface area contributed by atoms with Gasteiger partial charge < -0.3 is 10.1 Å². The first kappa shape index (κ1) is 19.5. The molecule has 1 atom stereocenters. The number of imide groups is 1. The molecule has 0 saturated heterocycles. The highest BCUT2D eigenvalue weighted by Crippen LogP contribution is 2.32. The molecule has 1 aromatic heterocycles. The number of benzene rings is 1. The van der Waals surface area contributed by atoms with Crippen molar-refractivity contribution in [3.8, 4) is 5.75 Å². The summed E-state index contributed by atoms with van der Waals surface area (Å²) >= 11 is 4.29. The molecule has 2 aromatic rings. The number of hydrogen-bond acceptors (Lipinski definition) is 8. The lowest BCUT2D eigenvalue weighted by Gasteiger charge is -2.08. The van der Waals surface area contributed by atoms with E-state index in [2.05, 4.69) is 20.8 Å². The van der Waals surface area contributed by atoms with Crippen molar-refractivity contribution in [2.24, 2.45) is 0 Å². The Morgan fingerprint density at radius 1 is 1.24 bits per heavy atom. The van der Waals surface area contributed by atoms with Crippen molar-refractivity contribution >= 4 is 46.8 Å². The SMILES string of the molecule is CNC(=O)NC(=O)C(C)Sc1nnc(SCc2ccc(OC)cc2)s1.